The fraction of sp³-hybridized carbons (Fsp3) is 0.222. The summed E-state index contributed by atoms with van der Waals surface area (Å²) in [6, 6.07) is 10.5. The summed E-state index contributed by atoms with van der Waals surface area (Å²) in [7, 11) is 1.74. The number of hydrogen-bond acceptors (Lipinski definition) is 6. The molecule has 2 aromatic carbocycles. The maximum absolute atomic E-state index is 11.8. The molecule has 1 aromatic heterocycles. The molecular weight excluding hydrogens is 336 g/mol. The van der Waals surface area contributed by atoms with Crippen molar-refractivity contribution in [2.45, 2.75) is 6.92 Å². The molecule has 0 spiro atoms. The number of likely N-dealkylation sites (N-methyl/N-ethyl adjacent to an activating group) is 1. The van der Waals surface area contributed by atoms with Gasteiger partial charge in [-0.2, -0.15) is 0 Å². The van der Waals surface area contributed by atoms with E-state index in [9.17, 15) is 14.9 Å². The van der Waals surface area contributed by atoms with Gasteiger partial charge in [0, 0.05) is 13.1 Å². The molecule has 0 atom stereocenters. The van der Waals surface area contributed by atoms with Crippen LogP contribution in [0.4, 0.5) is 11.4 Å². The van der Waals surface area contributed by atoms with Crippen LogP contribution in [-0.2, 0) is 0 Å². The van der Waals surface area contributed by atoms with Crippen molar-refractivity contribution in [1.82, 2.24) is 9.97 Å². The third-order valence-corrected chi connectivity index (χ3v) is 4.03. The molecule has 0 bridgehead atoms. The van der Waals surface area contributed by atoms with Gasteiger partial charge in [0.2, 0.25) is 0 Å². The van der Waals surface area contributed by atoms with Gasteiger partial charge in [-0.25, -0.2) is 4.98 Å². The van der Waals surface area contributed by atoms with Crippen LogP contribution < -0.4 is 15.2 Å². The first-order chi connectivity index (χ1) is 12.5. The molecule has 0 amide bonds. The second kappa shape index (κ2) is 7.22. The first-order valence-electron chi connectivity index (χ1n) is 8.02. The van der Waals surface area contributed by atoms with E-state index in [2.05, 4.69) is 9.97 Å². The highest BCUT2D eigenvalue weighted by atomic mass is 16.6. The lowest BCUT2D eigenvalue weighted by atomic mass is 10.1. The van der Waals surface area contributed by atoms with E-state index in [0.29, 0.717) is 24.4 Å². The Morgan fingerprint density at radius 3 is 2.85 bits per heavy atom. The van der Waals surface area contributed by atoms with E-state index in [-0.39, 0.29) is 11.1 Å². The monoisotopic (exact) mass is 354 g/mol. The van der Waals surface area contributed by atoms with Crippen molar-refractivity contribution in [1.29, 1.82) is 0 Å². The Kier molecular flexibility index (Phi) is 4.83. The van der Waals surface area contributed by atoms with Crippen molar-refractivity contribution in [3.05, 3.63) is 68.8 Å². The average Bonchev–Trinajstić information content (AvgIpc) is 2.61. The smallest absolute Gasteiger partial charge is 0.293 e. The van der Waals surface area contributed by atoms with E-state index in [4.69, 9.17) is 4.74 Å². The van der Waals surface area contributed by atoms with Gasteiger partial charge in [-0.1, -0.05) is 12.1 Å². The van der Waals surface area contributed by atoms with Crippen LogP contribution in [0.1, 0.15) is 5.56 Å². The first kappa shape index (κ1) is 17.4. The van der Waals surface area contributed by atoms with E-state index >= 15 is 0 Å². The maximum Gasteiger partial charge on any atom is 0.293 e. The molecule has 8 heteroatoms. The Balaban J connectivity index is 1.82. The number of fused-ring (bicyclic) bond motifs is 1. The molecule has 0 aliphatic carbocycles. The van der Waals surface area contributed by atoms with Crippen molar-refractivity contribution >= 4 is 22.3 Å². The van der Waals surface area contributed by atoms with Gasteiger partial charge in [-0.15, -0.1) is 0 Å². The predicted octanol–water partition coefficient (Wildman–Crippen LogP) is 2.65. The number of nitrogens with one attached hydrogen (secondary N) is 1. The molecule has 0 saturated heterocycles. The summed E-state index contributed by atoms with van der Waals surface area (Å²) in [5.41, 5.74) is 1.33. The zero-order valence-corrected chi connectivity index (χ0v) is 14.4. The molecular formula is C18H18N4O4. The number of aryl methyl sites for hydroxylation is 1. The molecule has 1 N–H and O–H groups in total. The normalized spacial score (nSPS) is 10.7. The number of anilines is 1. The summed E-state index contributed by atoms with van der Waals surface area (Å²) in [4.78, 5) is 31.0. The number of nitrogens with zero attached hydrogens (tertiary/aromatic N) is 3. The Morgan fingerprint density at radius 1 is 1.31 bits per heavy atom. The highest BCUT2D eigenvalue weighted by Crippen LogP contribution is 2.30. The number of ether oxygens (including phenoxy) is 1. The minimum atomic E-state index is -0.501. The summed E-state index contributed by atoms with van der Waals surface area (Å²) in [6.45, 7) is 2.77. The van der Waals surface area contributed by atoms with Gasteiger partial charge in [-0.3, -0.25) is 14.9 Å². The van der Waals surface area contributed by atoms with Crippen LogP contribution in [0.2, 0.25) is 0 Å². The Labute approximate surface area is 149 Å². The highest BCUT2D eigenvalue weighted by Gasteiger charge is 2.20. The number of benzene rings is 2. The zero-order valence-electron chi connectivity index (χ0n) is 14.4. The molecule has 0 aliphatic heterocycles. The van der Waals surface area contributed by atoms with Crippen LogP contribution in [0, 0.1) is 17.0 Å². The van der Waals surface area contributed by atoms with Gasteiger partial charge < -0.3 is 14.6 Å². The van der Waals surface area contributed by atoms with Gasteiger partial charge in [-0.05, 0) is 30.7 Å². The van der Waals surface area contributed by atoms with E-state index in [1.54, 1.807) is 18.0 Å². The molecule has 0 radical (unpaired) electrons. The predicted molar refractivity (Wildman–Crippen MR) is 99.0 cm³/mol. The number of nitro groups is 1. The van der Waals surface area contributed by atoms with Crippen molar-refractivity contribution in [3.63, 3.8) is 0 Å². The summed E-state index contributed by atoms with van der Waals surface area (Å²) in [5.74, 6) is 0.750. The van der Waals surface area contributed by atoms with Gasteiger partial charge >= 0.3 is 0 Å². The summed E-state index contributed by atoms with van der Waals surface area (Å²) in [6.07, 6.45) is 1.28. The standard InChI is InChI=1S/C18H18N4O4/c1-12-4-3-5-13(8-12)26-7-6-21(2)16-10-15-14(9-17(16)22(24)25)18(23)20-11-19-15/h3-5,8-11H,6-7H2,1-2H3,(H,19,20,23). The molecule has 3 rings (SSSR count). The number of aromatic amines is 1. The third-order valence-electron chi connectivity index (χ3n) is 4.03. The molecule has 26 heavy (non-hydrogen) atoms. The fourth-order valence-corrected chi connectivity index (χ4v) is 2.67. The van der Waals surface area contributed by atoms with E-state index in [1.807, 2.05) is 31.2 Å². The third kappa shape index (κ3) is 3.64. The van der Waals surface area contributed by atoms with Crippen molar-refractivity contribution < 1.29 is 9.66 Å². The van der Waals surface area contributed by atoms with Crippen LogP contribution in [0.5, 0.6) is 5.75 Å². The average molecular weight is 354 g/mol. The van der Waals surface area contributed by atoms with Crippen LogP contribution in [0.25, 0.3) is 10.9 Å². The maximum atomic E-state index is 11.8. The minimum absolute atomic E-state index is 0.144. The molecule has 0 unspecified atom stereocenters. The van der Waals surface area contributed by atoms with Crippen molar-refractivity contribution in [2.24, 2.45) is 0 Å². The first-order valence-corrected chi connectivity index (χ1v) is 8.02. The minimum Gasteiger partial charge on any atom is -0.492 e. The largest absolute Gasteiger partial charge is 0.492 e. The van der Waals surface area contributed by atoms with Crippen LogP contribution >= 0.6 is 0 Å². The SMILES string of the molecule is Cc1cccc(OCCN(C)c2cc3nc[nH]c(=O)c3cc2[N+](=O)[O-])c1. The lowest BCUT2D eigenvalue weighted by Crippen LogP contribution is -2.24. The van der Waals surface area contributed by atoms with Gasteiger partial charge in [0.15, 0.2) is 0 Å². The number of rotatable bonds is 6. The second-order valence-electron chi connectivity index (χ2n) is 5.93. The zero-order chi connectivity index (χ0) is 18.7. The lowest BCUT2D eigenvalue weighted by molar-refractivity contribution is -0.384. The van der Waals surface area contributed by atoms with Crippen LogP contribution in [-0.4, -0.2) is 35.1 Å². The molecule has 8 nitrogen and oxygen atoms in total. The summed E-state index contributed by atoms with van der Waals surface area (Å²) < 4.78 is 5.70. The number of H-pyrrole nitrogens is 1. The quantitative estimate of drug-likeness (QED) is 0.539. The molecule has 134 valence electrons. The fourth-order valence-electron chi connectivity index (χ4n) is 2.67. The van der Waals surface area contributed by atoms with Crippen LogP contribution in [0.3, 0.4) is 0 Å². The molecule has 1 heterocycles. The Morgan fingerprint density at radius 2 is 2.12 bits per heavy atom. The molecule has 3 aromatic rings. The number of hydrogen-bond donors (Lipinski definition) is 1. The van der Waals surface area contributed by atoms with Gasteiger partial charge in [0.05, 0.1) is 28.7 Å². The summed E-state index contributed by atoms with van der Waals surface area (Å²) in [5, 5.41) is 11.6. The van der Waals surface area contributed by atoms with E-state index in [0.717, 1.165) is 11.3 Å². The van der Waals surface area contributed by atoms with E-state index < -0.39 is 10.5 Å². The summed E-state index contributed by atoms with van der Waals surface area (Å²) >= 11 is 0. The molecule has 0 saturated carbocycles. The highest BCUT2D eigenvalue weighted by molar-refractivity contribution is 5.86. The van der Waals surface area contributed by atoms with E-state index in [1.165, 1.54) is 12.4 Å². The van der Waals surface area contributed by atoms with Crippen molar-refractivity contribution in [2.75, 3.05) is 25.1 Å². The number of aromatic nitrogens is 2. The second-order valence-corrected chi connectivity index (χ2v) is 5.93. The lowest BCUT2D eigenvalue weighted by Gasteiger charge is -2.19. The van der Waals surface area contributed by atoms with Gasteiger partial charge in [0.25, 0.3) is 11.2 Å². The van der Waals surface area contributed by atoms with Crippen molar-refractivity contribution in [3.8, 4) is 5.75 Å². The topological polar surface area (TPSA) is 101 Å². The number of nitro benzene ring substituents is 1. The Bertz CT molecular complexity index is 1020. The Hall–Kier alpha value is -3.42. The molecule has 0 fully saturated rings. The van der Waals surface area contributed by atoms with Gasteiger partial charge in [0.1, 0.15) is 18.0 Å². The van der Waals surface area contributed by atoms with Crippen LogP contribution in [0.15, 0.2) is 47.5 Å². The molecule has 0 aliphatic rings.